The molecule has 0 spiro atoms. The van der Waals surface area contributed by atoms with Crippen LogP contribution in [0.4, 0.5) is 5.69 Å². The Labute approximate surface area is 112 Å². The van der Waals surface area contributed by atoms with Gasteiger partial charge < -0.3 is 10.6 Å². The van der Waals surface area contributed by atoms with Gasteiger partial charge in [0, 0.05) is 25.0 Å². The second kappa shape index (κ2) is 6.64. The summed E-state index contributed by atoms with van der Waals surface area (Å²) in [4.78, 5) is 16.2. The van der Waals surface area contributed by atoms with Crippen LogP contribution in [0.15, 0.2) is 18.5 Å². The molecular formula is C13H19N3OS. The van der Waals surface area contributed by atoms with Crippen molar-refractivity contribution in [2.45, 2.75) is 25.8 Å². The monoisotopic (exact) mass is 265 g/mol. The molecule has 0 aromatic carbocycles. The number of hydrogen-bond acceptors (Lipinski definition) is 4. The first-order chi connectivity index (χ1) is 8.81. The lowest BCUT2D eigenvalue weighted by Crippen LogP contribution is -2.37. The van der Waals surface area contributed by atoms with Crippen molar-refractivity contribution < 1.29 is 4.79 Å². The summed E-state index contributed by atoms with van der Waals surface area (Å²) in [7, 11) is 0. The van der Waals surface area contributed by atoms with E-state index >= 15 is 0 Å². The van der Waals surface area contributed by atoms with E-state index < -0.39 is 0 Å². The van der Waals surface area contributed by atoms with Gasteiger partial charge in [-0.1, -0.05) is 0 Å². The molecule has 1 aliphatic rings. The Hall–Kier alpha value is -1.23. The molecule has 1 aromatic heterocycles. The van der Waals surface area contributed by atoms with Crippen molar-refractivity contribution in [3.05, 3.63) is 24.0 Å². The Bertz CT molecular complexity index is 405. The Morgan fingerprint density at radius 2 is 2.28 bits per heavy atom. The Kier molecular flexibility index (Phi) is 4.87. The minimum absolute atomic E-state index is 0.0176. The molecule has 1 aromatic rings. The molecule has 0 radical (unpaired) electrons. The number of pyridine rings is 1. The molecule has 1 amide bonds. The van der Waals surface area contributed by atoms with Crippen LogP contribution >= 0.6 is 11.8 Å². The molecule has 98 valence electrons. The van der Waals surface area contributed by atoms with E-state index in [9.17, 15) is 4.79 Å². The minimum Gasteiger partial charge on any atom is -0.385 e. The van der Waals surface area contributed by atoms with Crippen LogP contribution in [0.1, 0.15) is 30.1 Å². The number of carbonyl (C=O) groups is 1. The molecule has 1 fully saturated rings. The predicted molar refractivity (Wildman–Crippen MR) is 76.2 cm³/mol. The summed E-state index contributed by atoms with van der Waals surface area (Å²) in [5.74, 6) is 2.26. The van der Waals surface area contributed by atoms with Crippen LogP contribution in [-0.4, -0.2) is 35.0 Å². The van der Waals surface area contributed by atoms with E-state index in [4.69, 9.17) is 0 Å². The highest BCUT2D eigenvalue weighted by atomic mass is 32.2. The molecule has 2 heterocycles. The first-order valence-electron chi connectivity index (χ1n) is 6.37. The van der Waals surface area contributed by atoms with Crippen LogP contribution in [-0.2, 0) is 0 Å². The third kappa shape index (κ3) is 3.38. The molecule has 0 saturated carbocycles. The van der Waals surface area contributed by atoms with Gasteiger partial charge in [-0.15, -0.1) is 0 Å². The van der Waals surface area contributed by atoms with Gasteiger partial charge in [0.25, 0.3) is 5.91 Å². The van der Waals surface area contributed by atoms with Gasteiger partial charge in [0.05, 0.1) is 11.3 Å². The molecule has 0 aliphatic carbocycles. The molecule has 0 bridgehead atoms. The lowest BCUT2D eigenvalue weighted by Gasteiger charge is -2.23. The molecule has 0 atom stereocenters. The summed E-state index contributed by atoms with van der Waals surface area (Å²) in [5, 5.41) is 6.29. The molecule has 5 heteroatoms. The molecule has 2 N–H and O–H groups in total. The van der Waals surface area contributed by atoms with E-state index in [1.54, 1.807) is 12.4 Å². The number of nitrogens with one attached hydrogen (secondary N) is 2. The van der Waals surface area contributed by atoms with Crippen LogP contribution in [0.25, 0.3) is 0 Å². The van der Waals surface area contributed by atoms with Gasteiger partial charge in [-0.3, -0.25) is 9.78 Å². The number of amides is 1. The highest BCUT2D eigenvalue weighted by molar-refractivity contribution is 7.99. The van der Waals surface area contributed by atoms with Crippen LogP contribution in [0, 0.1) is 0 Å². The van der Waals surface area contributed by atoms with E-state index in [-0.39, 0.29) is 5.91 Å². The van der Waals surface area contributed by atoms with Gasteiger partial charge >= 0.3 is 0 Å². The summed E-state index contributed by atoms with van der Waals surface area (Å²) in [5.41, 5.74) is 1.49. The van der Waals surface area contributed by atoms with Gasteiger partial charge in [-0.05, 0) is 37.3 Å². The molecule has 1 aliphatic heterocycles. The largest absolute Gasteiger partial charge is 0.385 e. The van der Waals surface area contributed by atoms with Gasteiger partial charge in [-0.25, -0.2) is 0 Å². The number of nitrogens with zero attached hydrogens (tertiary/aromatic N) is 1. The van der Waals surface area contributed by atoms with E-state index in [1.165, 1.54) is 0 Å². The van der Waals surface area contributed by atoms with Crippen LogP contribution in [0.5, 0.6) is 0 Å². The zero-order valence-electron chi connectivity index (χ0n) is 10.6. The quantitative estimate of drug-likeness (QED) is 0.876. The molecule has 4 nitrogen and oxygen atoms in total. The van der Waals surface area contributed by atoms with Gasteiger partial charge in [0.2, 0.25) is 0 Å². The number of hydrogen-bond donors (Lipinski definition) is 2. The highest BCUT2D eigenvalue weighted by Crippen LogP contribution is 2.18. The fraction of sp³-hybridized carbons (Fsp3) is 0.538. The van der Waals surface area contributed by atoms with Crippen molar-refractivity contribution in [2.75, 3.05) is 23.4 Å². The van der Waals surface area contributed by atoms with Crippen molar-refractivity contribution >= 4 is 23.4 Å². The third-order valence-electron chi connectivity index (χ3n) is 2.99. The summed E-state index contributed by atoms with van der Waals surface area (Å²) >= 11 is 1.96. The molecule has 0 unspecified atom stereocenters. The van der Waals surface area contributed by atoms with E-state index in [2.05, 4.69) is 15.6 Å². The number of rotatable bonds is 4. The van der Waals surface area contributed by atoms with Crippen LogP contribution in [0.3, 0.4) is 0 Å². The lowest BCUT2D eigenvalue weighted by atomic mass is 10.1. The highest BCUT2D eigenvalue weighted by Gasteiger charge is 2.18. The van der Waals surface area contributed by atoms with E-state index in [0.717, 1.165) is 36.6 Å². The van der Waals surface area contributed by atoms with Crippen molar-refractivity contribution in [1.29, 1.82) is 0 Å². The number of thioether (sulfide) groups is 1. The van der Waals surface area contributed by atoms with E-state index in [1.807, 2.05) is 24.8 Å². The van der Waals surface area contributed by atoms with Crippen LogP contribution in [0.2, 0.25) is 0 Å². The smallest absolute Gasteiger partial charge is 0.255 e. The van der Waals surface area contributed by atoms with Gasteiger partial charge in [-0.2, -0.15) is 11.8 Å². The molecular weight excluding hydrogens is 246 g/mol. The maximum absolute atomic E-state index is 12.2. The second-order valence-corrected chi connectivity index (χ2v) is 5.54. The van der Waals surface area contributed by atoms with Gasteiger partial charge in [0.1, 0.15) is 0 Å². The number of aromatic nitrogens is 1. The Balaban J connectivity index is 2.03. The molecule has 2 rings (SSSR count). The fourth-order valence-corrected chi connectivity index (χ4v) is 3.13. The van der Waals surface area contributed by atoms with Crippen molar-refractivity contribution in [3.63, 3.8) is 0 Å². The molecule has 18 heavy (non-hydrogen) atoms. The average Bonchev–Trinajstić information content (AvgIpc) is 2.41. The maximum Gasteiger partial charge on any atom is 0.255 e. The second-order valence-electron chi connectivity index (χ2n) is 4.31. The summed E-state index contributed by atoms with van der Waals surface area (Å²) < 4.78 is 0. The Morgan fingerprint density at radius 3 is 3.00 bits per heavy atom. The van der Waals surface area contributed by atoms with Gasteiger partial charge in [0.15, 0.2) is 0 Å². The SMILES string of the molecule is CCNc1ccncc1C(=O)NC1CCSCC1. The third-order valence-corrected chi connectivity index (χ3v) is 4.04. The fourth-order valence-electron chi connectivity index (χ4n) is 2.03. The maximum atomic E-state index is 12.2. The topological polar surface area (TPSA) is 54.0 Å². The normalized spacial score (nSPS) is 16.3. The average molecular weight is 265 g/mol. The summed E-state index contributed by atoms with van der Waals surface area (Å²) in [6.07, 6.45) is 5.46. The predicted octanol–water partition coefficient (Wildman–Crippen LogP) is 2.14. The zero-order valence-corrected chi connectivity index (χ0v) is 11.4. The molecule has 1 saturated heterocycles. The van der Waals surface area contributed by atoms with Crippen molar-refractivity contribution in [1.82, 2.24) is 10.3 Å². The first-order valence-corrected chi connectivity index (χ1v) is 7.53. The number of anilines is 1. The van der Waals surface area contributed by atoms with Crippen molar-refractivity contribution in [3.8, 4) is 0 Å². The van der Waals surface area contributed by atoms with Crippen LogP contribution < -0.4 is 10.6 Å². The summed E-state index contributed by atoms with van der Waals surface area (Å²) in [6.45, 7) is 2.81. The zero-order chi connectivity index (χ0) is 12.8. The van der Waals surface area contributed by atoms with Crippen molar-refractivity contribution in [2.24, 2.45) is 0 Å². The standard InChI is InChI=1S/C13H19N3OS/c1-2-15-12-3-6-14-9-11(12)13(17)16-10-4-7-18-8-5-10/h3,6,9-10H,2,4-5,7-8H2,1H3,(H,14,15)(H,16,17). The van der Waals surface area contributed by atoms with E-state index in [0.29, 0.717) is 11.6 Å². The Morgan fingerprint density at radius 1 is 1.50 bits per heavy atom. The lowest BCUT2D eigenvalue weighted by molar-refractivity contribution is 0.0935. The first kappa shape index (κ1) is 13.2. The number of carbonyl (C=O) groups excluding carboxylic acids is 1. The minimum atomic E-state index is -0.0176. The summed E-state index contributed by atoms with van der Waals surface area (Å²) in [6, 6.07) is 2.16.